The van der Waals surface area contributed by atoms with Gasteiger partial charge in [0.2, 0.25) is 0 Å². The Morgan fingerprint density at radius 2 is 2.09 bits per heavy atom. The molecular weight excluding hydrogens is 435 g/mol. The summed E-state index contributed by atoms with van der Waals surface area (Å²) in [5, 5.41) is 11.8. The number of rotatable bonds is 5. The van der Waals surface area contributed by atoms with E-state index in [4.69, 9.17) is 10.00 Å². The first-order valence-electron chi connectivity index (χ1n) is 11.6. The lowest BCUT2D eigenvalue weighted by Crippen LogP contribution is -2.55. The quantitative estimate of drug-likeness (QED) is 0.732. The number of nitrogens with zero attached hydrogens (tertiary/aromatic N) is 3. The van der Waals surface area contributed by atoms with Gasteiger partial charge < -0.3 is 15.0 Å². The molecule has 2 atom stereocenters. The number of piperazine rings is 1. The zero-order valence-electron chi connectivity index (χ0n) is 19.5. The van der Waals surface area contributed by atoms with Gasteiger partial charge in [0, 0.05) is 50.1 Å². The van der Waals surface area contributed by atoms with Crippen LogP contribution >= 0.6 is 0 Å². The molecule has 2 aliphatic rings. The smallest absolute Gasteiger partial charge is 0.255 e. The largest absolute Gasteiger partial charge is 0.368 e. The molecule has 0 unspecified atom stereocenters. The number of carbonyl (C=O) groups is 2. The first-order chi connectivity index (χ1) is 16.4. The molecule has 2 aromatic carbocycles. The number of halogens is 1. The van der Waals surface area contributed by atoms with Crippen molar-refractivity contribution in [2.75, 3.05) is 31.6 Å². The van der Waals surface area contributed by atoms with E-state index >= 15 is 0 Å². The van der Waals surface area contributed by atoms with E-state index in [0.717, 1.165) is 24.0 Å². The van der Waals surface area contributed by atoms with Gasteiger partial charge >= 0.3 is 0 Å². The van der Waals surface area contributed by atoms with Gasteiger partial charge in [-0.1, -0.05) is 6.07 Å². The molecular formula is C26H29FN4O3. The number of ether oxygens (including phenoxy) is 1. The summed E-state index contributed by atoms with van der Waals surface area (Å²) in [7, 11) is 0. The Morgan fingerprint density at radius 1 is 1.26 bits per heavy atom. The van der Waals surface area contributed by atoms with Gasteiger partial charge in [0.05, 0.1) is 11.6 Å². The maximum Gasteiger partial charge on any atom is 0.255 e. The van der Waals surface area contributed by atoms with Crippen molar-refractivity contribution in [3.8, 4) is 6.07 Å². The van der Waals surface area contributed by atoms with Crippen molar-refractivity contribution < 1.29 is 18.7 Å². The summed E-state index contributed by atoms with van der Waals surface area (Å²) in [5.74, 6) is -0.759. The van der Waals surface area contributed by atoms with Crippen molar-refractivity contribution in [3.05, 3.63) is 64.5 Å². The normalized spacial score (nSPS) is 20.7. The number of nitrogens with one attached hydrogen (secondary N) is 1. The molecule has 0 aliphatic carbocycles. The first-order valence-corrected chi connectivity index (χ1v) is 11.6. The van der Waals surface area contributed by atoms with Crippen LogP contribution in [0.15, 0.2) is 36.4 Å². The Kier molecular flexibility index (Phi) is 7.25. The fraction of sp³-hybridized carbons (Fsp3) is 0.423. The predicted molar refractivity (Wildman–Crippen MR) is 126 cm³/mol. The number of hydrogen-bond donors (Lipinski definition) is 1. The van der Waals surface area contributed by atoms with Crippen LogP contribution in [-0.4, -0.2) is 60.0 Å². The topological polar surface area (TPSA) is 85.7 Å². The van der Waals surface area contributed by atoms with E-state index in [2.05, 4.69) is 10.2 Å². The standard InChI is InChI=1S/C26H29FN4O3/c1-17-15-30(8-9-31(17)26(33)24-7-4-10-34-24)16-21-12-22(27)13-23(18(21)2)29-25(32)20-6-3-5-19(11-20)14-28/h3,5-6,11-13,17,24H,4,7-10,15-16H2,1-2H3,(H,29,32)/t17-,24-/m0/s1. The molecule has 2 heterocycles. The third kappa shape index (κ3) is 5.27. The highest BCUT2D eigenvalue weighted by Gasteiger charge is 2.34. The van der Waals surface area contributed by atoms with E-state index in [1.165, 1.54) is 18.2 Å². The van der Waals surface area contributed by atoms with Crippen molar-refractivity contribution >= 4 is 17.5 Å². The summed E-state index contributed by atoms with van der Waals surface area (Å²) >= 11 is 0. The second-order valence-corrected chi connectivity index (χ2v) is 9.00. The van der Waals surface area contributed by atoms with Crippen molar-refractivity contribution in [2.45, 2.75) is 45.4 Å². The van der Waals surface area contributed by atoms with Crippen LogP contribution in [0.25, 0.3) is 0 Å². The van der Waals surface area contributed by atoms with Crippen molar-refractivity contribution in [1.82, 2.24) is 9.80 Å². The van der Waals surface area contributed by atoms with Gasteiger partial charge in [0.1, 0.15) is 11.9 Å². The molecule has 8 heteroatoms. The highest BCUT2D eigenvalue weighted by molar-refractivity contribution is 6.04. The summed E-state index contributed by atoms with van der Waals surface area (Å²) in [5.41, 5.74) is 2.70. The van der Waals surface area contributed by atoms with Crippen molar-refractivity contribution in [1.29, 1.82) is 5.26 Å². The second kappa shape index (κ2) is 10.3. The van der Waals surface area contributed by atoms with Crippen LogP contribution in [0.4, 0.5) is 10.1 Å². The van der Waals surface area contributed by atoms with E-state index in [0.29, 0.717) is 49.6 Å². The fourth-order valence-electron chi connectivity index (χ4n) is 4.66. The van der Waals surface area contributed by atoms with Crippen LogP contribution in [0.5, 0.6) is 0 Å². The Bertz CT molecular complexity index is 1120. The lowest BCUT2D eigenvalue weighted by Gasteiger charge is -2.41. The minimum absolute atomic E-state index is 0.0332. The molecule has 2 fully saturated rings. The maximum absolute atomic E-state index is 14.5. The Hall–Kier alpha value is -3.28. The number of carbonyl (C=O) groups excluding carboxylic acids is 2. The maximum atomic E-state index is 14.5. The van der Waals surface area contributed by atoms with E-state index in [1.807, 2.05) is 24.8 Å². The molecule has 178 valence electrons. The van der Waals surface area contributed by atoms with Gasteiger partial charge in [-0.2, -0.15) is 5.26 Å². The molecule has 0 radical (unpaired) electrons. The molecule has 1 N–H and O–H groups in total. The van der Waals surface area contributed by atoms with Gasteiger partial charge in [-0.15, -0.1) is 0 Å². The average molecular weight is 465 g/mol. The number of benzene rings is 2. The van der Waals surface area contributed by atoms with Gasteiger partial charge in [-0.25, -0.2) is 4.39 Å². The third-order valence-corrected chi connectivity index (χ3v) is 6.58. The summed E-state index contributed by atoms with van der Waals surface area (Å²) in [6.45, 7) is 7.01. The molecule has 2 amide bonds. The zero-order chi connectivity index (χ0) is 24.2. The molecule has 2 aliphatic heterocycles. The van der Waals surface area contributed by atoms with Gasteiger partial charge in [-0.05, 0) is 68.1 Å². The molecule has 0 spiro atoms. The average Bonchev–Trinajstić information content (AvgIpc) is 3.37. The Balaban J connectivity index is 1.43. The molecule has 0 saturated carbocycles. The Labute approximate surface area is 199 Å². The number of hydrogen-bond acceptors (Lipinski definition) is 5. The van der Waals surface area contributed by atoms with Crippen LogP contribution in [-0.2, 0) is 16.1 Å². The van der Waals surface area contributed by atoms with Crippen LogP contribution in [0, 0.1) is 24.1 Å². The van der Waals surface area contributed by atoms with Gasteiger partial charge in [0.25, 0.3) is 11.8 Å². The predicted octanol–water partition coefficient (Wildman–Crippen LogP) is 3.47. The van der Waals surface area contributed by atoms with E-state index in [1.54, 1.807) is 18.2 Å². The molecule has 7 nitrogen and oxygen atoms in total. The van der Waals surface area contributed by atoms with Crippen LogP contribution in [0.3, 0.4) is 0 Å². The SMILES string of the molecule is Cc1c(CN2CCN(C(=O)[C@@H]3CCCO3)[C@@H](C)C2)cc(F)cc1NC(=O)c1cccc(C#N)c1. The van der Waals surface area contributed by atoms with Crippen molar-refractivity contribution in [2.24, 2.45) is 0 Å². The molecule has 34 heavy (non-hydrogen) atoms. The van der Waals surface area contributed by atoms with Crippen LogP contribution in [0.1, 0.15) is 46.8 Å². The van der Waals surface area contributed by atoms with E-state index in [-0.39, 0.29) is 18.1 Å². The zero-order valence-corrected chi connectivity index (χ0v) is 19.5. The minimum Gasteiger partial charge on any atom is -0.368 e. The van der Waals surface area contributed by atoms with Crippen LogP contribution in [0.2, 0.25) is 0 Å². The summed E-state index contributed by atoms with van der Waals surface area (Å²) in [6.07, 6.45) is 1.38. The summed E-state index contributed by atoms with van der Waals surface area (Å²) in [4.78, 5) is 29.5. The van der Waals surface area contributed by atoms with Crippen molar-refractivity contribution in [3.63, 3.8) is 0 Å². The highest BCUT2D eigenvalue weighted by atomic mass is 19.1. The highest BCUT2D eigenvalue weighted by Crippen LogP contribution is 2.25. The number of anilines is 1. The van der Waals surface area contributed by atoms with E-state index < -0.39 is 11.7 Å². The van der Waals surface area contributed by atoms with Gasteiger partial charge in [0.15, 0.2) is 0 Å². The molecule has 2 aromatic rings. The lowest BCUT2D eigenvalue weighted by molar-refractivity contribution is -0.145. The minimum atomic E-state index is -0.429. The summed E-state index contributed by atoms with van der Waals surface area (Å²) in [6, 6.07) is 11.2. The van der Waals surface area contributed by atoms with E-state index in [9.17, 15) is 14.0 Å². The Morgan fingerprint density at radius 3 is 2.79 bits per heavy atom. The molecule has 0 aromatic heterocycles. The monoisotopic (exact) mass is 464 g/mol. The summed E-state index contributed by atoms with van der Waals surface area (Å²) < 4.78 is 20.0. The van der Waals surface area contributed by atoms with Crippen LogP contribution < -0.4 is 5.32 Å². The first kappa shape index (κ1) is 23.9. The third-order valence-electron chi connectivity index (χ3n) is 6.58. The molecule has 2 saturated heterocycles. The van der Waals surface area contributed by atoms with Gasteiger partial charge in [-0.3, -0.25) is 14.5 Å². The molecule has 4 rings (SSSR count). The second-order valence-electron chi connectivity index (χ2n) is 9.00. The molecule has 0 bridgehead atoms. The number of amides is 2. The number of nitriles is 1. The fourth-order valence-corrected chi connectivity index (χ4v) is 4.66. The lowest BCUT2D eigenvalue weighted by atomic mass is 10.0.